The first-order chi connectivity index (χ1) is 13.4. The normalized spacial score (nSPS) is 11.3. The number of carbonyl (C=O) groups excluding carboxylic acids is 1. The zero-order chi connectivity index (χ0) is 20.1. The first-order valence-corrected chi connectivity index (χ1v) is 8.57. The van der Waals surface area contributed by atoms with E-state index >= 15 is 0 Å². The number of aromatic nitrogens is 2. The van der Waals surface area contributed by atoms with Crippen LogP contribution in [0, 0.1) is 6.92 Å². The molecule has 0 fully saturated rings. The lowest BCUT2D eigenvalue weighted by Gasteiger charge is -2.13. The zero-order valence-corrected chi connectivity index (χ0v) is 15.0. The number of rotatable bonds is 5. The van der Waals surface area contributed by atoms with Crippen molar-refractivity contribution >= 4 is 6.09 Å². The molecule has 3 rings (SSSR count). The number of halogens is 3. The summed E-state index contributed by atoms with van der Waals surface area (Å²) in [4.78, 5) is 12.0. The van der Waals surface area contributed by atoms with Crippen LogP contribution >= 0.6 is 0 Å². The summed E-state index contributed by atoms with van der Waals surface area (Å²) in [5.41, 5.74) is 1.18. The third-order valence-electron chi connectivity index (χ3n) is 4.13. The number of nitrogens with one attached hydrogen (secondary N) is 1. The average molecular weight is 389 g/mol. The molecule has 0 aliphatic rings. The lowest BCUT2D eigenvalue weighted by Crippen LogP contribution is -2.29. The summed E-state index contributed by atoms with van der Waals surface area (Å²) in [6.07, 6.45) is -4.29. The highest BCUT2D eigenvalue weighted by Gasteiger charge is 2.40. The Bertz CT molecular complexity index is 953. The molecule has 8 heteroatoms. The number of hydrogen-bond donors (Lipinski definition) is 1. The summed E-state index contributed by atoms with van der Waals surface area (Å²) in [7, 11) is 0. The van der Waals surface area contributed by atoms with E-state index in [9.17, 15) is 18.0 Å². The van der Waals surface area contributed by atoms with E-state index in [2.05, 4.69) is 10.4 Å². The summed E-state index contributed by atoms with van der Waals surface area (Å²) >= 11 is 0. The molecule has 3 aromatic rings. The van der Waals surface area contributed by atoms with E-state index in [1.165, 1.54) is 12.1 Å². The molecule has 0 unspecified atom stereocenters. The Hall–Kier alpha value is -3.29. The largest absolute Gasteiger partial charge is 0.437 e. The van der Waals surface area contributed by atoms with Gasteiger partial charge < -0.3 is 10.1 Å². The van der Waals surface area contributed by atoms with Gasteiger partial charge in [-0.05, 0) is 36.6 Å². The molecule has 0 bridgehead atoms. The second kappa shape index (κ2) is 8.16. The molecule has 5 nitrogen and oxygen atoms in total. The zero-order valence-electron chi connectivity index (χ0n) is 15.0. The van der Waals surface area contributed by atoms with Gasteiger partial charge in [-0.2, -0.15) is 18.3 Å². The minimum Gasteiger partial charge on any atom is -0.406 e. The minimum atomic E-state index is -4.75. The Morgan fingerprint density at radius 3 is 2.46 bits per heavy atom. The molecule has 1 aromatic heterocycles. The molecule has 146 valence electrons. The fourth-order valence-corrected chi connectivity index (χ4v) is 2.76. The van der Waals surface area contributed by atoms with E-state index in [1.54, 1.807) is 18.2 Å². The Labute approximate surface area is 159 Å². The molecule has 0 atom stereocenters. The standard InChI is InChI=1S/C20H18F3N3O2/c1-14-7-5-6-8-15(14)11-12-24-19(27)28-17-13-25-26(18(17)20(21,22)23)16-9-3-2-4-10-16/h2-10,13H,11-12H2,1H3,(H,24,27). The van der Waals surface area contributed by atoms with Crippen LogP contribution in [0.2, 0.25) is 0 Å². The molecular formula is C20H18F3N3O2. The molecule has 28 heavy (non-hydrogen) atoms. The molecule has 0 aliphatic carbocycles. The second-order valence-corrected chi connectivity index (χ2v) is 6.10. The highest BCUT2D eigenvalue weighted by Crippen LogP contribution is 2.37. The maximum absolute atomic E-state index is 13.5. The fraction of sp³-hybridized carbons (Fsp3) is 0.200. The molecule has 0 saturated carbocycles. The fourth-order valence-electron chi connectivity index (χ4n) is 2.76. The Kier molecular flexibility index (Phi) is 5.67. The van der Waals surface area contributed by atoms with Crippen molar-refractivity contribution in [3.8, 4) is 11.4 Å². The number of ether oxygens (including phenoxy) is 1. The molecule has 0 saturated heterocycles. The molecule has 2 aromatic carbocycles. The molecule has 0 aliphatic heterocycles. The van der Waals surface area contributed by atoms with Crippen molar-refractivity contribution in [1.29, 1.82) is 0 Å². The summed E-state index contributed by atoms with van der Waals surface area (Å²) in [6.45, 7) is 2.18. The molecule has 0 radical (unpaired) electrons. The quantitative estimate of drug-likeness (QED) is 0.698. The average Bonchev–Trinajstić information content (AvgIpc) is 3.08. The Morgan fingerprint density at radius 1 is 1.11 bits per heavy atom. The highest BCUT2D eigenvalue weighted by atomic mass is 19.4. The van der Waals surface area contributed by atoms with E-state index in [0.717, 1.165) is 17.3 Å². The predicted octanol–water partition coefficient (Wildman–Crippen LogP) is 4.53. The van der Waals surface area contributed by atoms with Crippen molar-refractivity contribution < 1.29 is 22.7 Å². The molecule has 1 N–H and O–H groups in total. The van der Waals surface area contributed by atoms with Crippen molar-refractivity contribution in [2.75, 3.05) is 6.54 Å². The van der Waals surface area contributed by atoms with Gasteiger partial charge in [-0.15, -0.1) is 0 Å². The molecule has 1 amide bonds. The SMILES string of the molecule is Cc1ccccc1CCNC(=O)Oc1cnn(-c2ccccc2)c1C(F)(F)F. The number of hydrogen-bond acceptors (Lipinski definition) is 3. The van der Waals surface area contributed by atoms with E-state index in [1.807, 2.05) is 31.2 Å². The van der Waals surface area contributed by atoms with Crippen LogP contribution in [-0.2, 0) is 12.6 Å². The Balaban J connectivity index is 1.71. The number of benzene rings is 2. The molecular weight excluding hydrogens is 371 g/mol. The van der Waals surface area contributed by atoms with Gasteiger partial charge in [0.15, 0.2) is 11.4 Å². The van der Waals surface area contributed by atoms with Crippen molar-refractivity contribution in [2.45, 2.75) is 19.5 Å². The molecule has 1 heterocycles. The maximum atomic E-state index is 13.5. The Morgan fingerprint density at radius 2 is 1.79 bits per heavy atom. The van der Waals surface area contributed by atoms with Gasteiger partial charge in [-0.1, -0.05) is 42.5 Å². The van der Waals surface area contributed by atoms with Crippen LogP contribution in [0.15, 0.2) is 60.8 Å². The van der Waals surface area contributed by atoms with E-state index in [4.69, 9.17) is 4.74 Å². The predicted molar refractivity (Wildman–Crippen MR) is 97.5 cm³/mol. The summed E-state index contributed by atoms with van der Waals surface area (Å²) < 4.78 is 46.2. The number of aryl methyl sites for hydroxylation is 1. The van der Waals surface area contributed by atoms with Gasteiger partial charge >= 0.3 is 12.3 Å². The highest BCUT2D eigenvalue weighted by molar-refractivity contribution is 5.70. The topological polar surface area (TPSA) is 56.1 Å². The number of carbonyl (C=O) groups is 1. The van der Waals surface area contributed by atoms with Crippen molar-refractivity contribution in [3.63, 3.8) is 0 Å². The van der Waals surface area contributed by atoms with Crippen LogP contribution in [-0.4, -0.2) is 22.4 Å². The first kappa shape index (κ1) is 19.5. The van der Waals surface area contributed by atoms with Gasteiger partial charge in [-0.25, -0.2) is 9.48 Å². The number of alkyl halides is 3. The van der Waals surface area contributed by atoms with Crippen LogP contribution in [0.25, 0.3) is 5.69 Å². The van der Waals surface area contributed by atoms with Gasteiger partial charge in [0.1, 0.15) is 0 Å². The lowest BCUT2D eigenvalue weighted by molar-refractivity contribution is -0.143. The van der Waals surface area contributed by atoms with Gasteiger partial charge in [0.25, 0.3) is 0 Å². The number of para-hydroxylation sites is 1. The van der Waals surface area contributed by atoms with Crippen molar-refractivity contribution in [3.05, 3.63) is 77.6 Å². The van der Waals surface area contributed by atoms with Crippen LogP contribution in [0.5, 0.6) is 5.75 Å². The first-order valence-electron chi connectivity index (χ1n) is 8.57. The van der Waals surface area contributed by atoms with Crippen molar-refractivity contribution in [2.24, 2.45) is 0 Å². The van der Waals surface area contributed by atoms with E-state index in [-0.39, 0.29) is 12.2 Å². The smallest absolute Gasteiger partial charge is 0.406 e. The van der Waals surface area contributed by atoms with Gasteiger partial charge in [0.05, 0.1) is 11.9 Å². The van der Waals surface area contributed by atoms with E-state index in [0.29, 0.717) is 11.1 Å². The second-order valence-electron chi connectivity index (χ2n) is 6.10. The summed E-state index contributed by atoms with van der Waals surface area (Å²) in [6, 6.07) is 15.5. The third kappa shape index (κ3) is 4.51. The van der Waals surface area contributed by atoms with Crippen LogP contribution < -0.4 is 10.1 Å². The summed E-state index contributed by atoms with van der Waals surface area (Å²) in [5, 5.41) is 6.21. The van der Waals surface area contributed by atoms with Crippen LogP contribution in [0.4, 0.5) is 18.0 Å². The van der Waals surface area contributed by atoms with Gasteiger partial charge in [-0.3, -0.25) is 0 Å². The lowest BCUT2D eigenvalue weighted by atomic mass is 10.1. The number of nitrogens with zero attached hydrogens (tertiary/aromatic N) is 2. The number of amides is 1. The van der Waals surface area contributed by atoms with E-state index < -0.39 is 23.7 Å². The van der Waals surface area contributed by atoms with Crippen LogP contribution in [0.1, 0.15) is 16.8 Å². The monoisotopic (exact) mass is 389 g/mol. The third-order valence-corrected chi connectivity index (χ3v) is 4.13. The minimum absolute atomic E-state index is 0.213. The van der Waals surface area contributed by atoms with Gasteiger partial charge in [0, 0.05) is 6.54 Å². The molecule has 0 spiro atoms. The van der Waals surface area contributed by atoms with Crippen molar-refractivity contribution in [1.82, 2.24) is 15.1 Å². The van der Waals surface area contributed by atoms with Crippen LogP contribution in [0.3, 0.4) is 0 Å². The summed E-state index contributed by atoms with van der Waals surface area (Å²) in [5.74, 6) is -0.648. The maximum Gasteiger partial charge on any atom is 0.437 e. The van der Waals surface area contributed by atoms with Gasteiger partial charge in [0.2, 0.25) is 0 Å².